The molecule has 142 valence electrons. The fourth-order valence-electron chi connectivity index (χ4n) is 3.17. The summed E-state index contributed by atoms with van der Waals surface area (Å²) in [6.07, 6.45) is 3.73. The van der Waals surface area contributed by atoms with Crippen molar-refractivity contribution in [3.63, 3.8) is 0 Å². The van der Waals surface area contributed by atoms with Crippen LogP contribution in [0.1, 0.15) is 69.6 Å². The van der Waals surface area contributed by atoms with Gasteiger partial charge in [0.2, 0.25) is 0 Å². The van der Waals surface area contributed by atoms with Gasteiger partial charge in [0.1, 0.15) is 11.5 Å². The fourth-order valence-corrected chi connectivity index (χ4v) is 3.68. The maximum atomic E-state index is 10.9. The van der Waals surface area contributed by atoms with E-state index in [9.17, 15) is 4.79 Å². The molecule has 0 bridgehead atoms. The van der Waals surface area contributed by atoms with Crippen molar-refractivity contribution in [3.05, 3.63) is 22.8 Å². The molecule has 5 heteroatoms. The van der Waals surface area contributed by atoms with Gasteiger partial charge in [0.05, 0.1) is 20.3 Å². The Kier molecular flexibility index (Phi) is 9.94. The zero-order valence-electron chi connectivity index (χ0n) is 16.1. The first kappa shape index (κ1) is 21.8. The van der Waals surface area contributed by atoms with Crippen molar-refractivity contribution in [2.24, 2.45) is 0 Å². The van der Waals surface area contributed by atoms with Gasteiger partial charge < -0.3 is 14.2 Å². The second-order valence-corrected chi connectivity index (χ2v) is 6.53. The van der Waals surface area contributed by atoms with Gasteiger partial charge in [-0.15, -0.1) is 0 Å². The maximum Gasteiger partial charge on any atom is 0.302 e. The summed E-state index contributed by atoms with van der Waals surface area (Å²) in [5, 5.41) is 0.691. The largest absolute Gasteiger partial charge is 0.496 e. The van der Waals surface area contributed by atoms with Gasteiger partial charge in [-0.2, -0.15) is 0 Å². The first-order chi connectivity index (χ1) is 12.0. The van der Waals surface area contributed by atoms with Crippen LogP contribution in [0, 0.1) is 0 Å². The number of ether oxygens (including phenoxy) is 3. The molecule has 0 fully saturated rings. The Morgan fingerprint density at radius 2 is 1.96 bits per heavy atom. The van der Waals surface area contributed by atoms with E-state index >= 15 is 0 Å². The van der Waals surface area contributed by atoms with Crippen molar-refractivity contribution < 1.29 is 19.0 Å². The molecule has 0 saturated heterocycles. The van der Waals surface area contributed by atoms with Crippen LogP contribution in [-0.4, -0.2) is 26.3 Å². The topological polar surface area (TPSA) is 44.8 Å². The Labute approximate surface area is 160 Å². The predicted octanol–water partition coefficient (Wildman–Crippen LogP) is 5.39. The molecule has 0 aliphatic carbocycles. The van der Waals surface area contributed by atoms with E-state index in [0.717, 1.165) is 42.7 Å². The number of aryl methyl sites for hydroxylation is 1. The van der Waals surface area contributed by atoms with Crippen LogP contribution in [-0.2, 0) is 21.3 Å². The lowest BCUT2D eigenvalue weighted by molar-refractivity contribution is -0.141. The highest BCUT2D eigenvalue weighted by atomic mass is 79.9. The molecule has 0 amide bonds. The molecule has 0 aromatic heterocycles. The highest BCUT2D eigenvalue weighted by Crippen LogP contribution is 2.42. The molecule has 1 aromatic carbocycles. The molecule has 25 heavy (non-hydrogen) atoms. The highest BCUT2D eigenvalue weighted by Gasteiger charge is 2.23. The summed E-state index contributed by atoms with van der Waals surface area (Å²) in [7, 11) is 1.71. The van der Waals surface area contributed by atoms with Crippen LogP contribution < -0.4 is 9.47 Å². The van der Waals surface area contributed by atoms with E-state index in [1.165, 1.54) is 18.1 Å². The minimum Gasteiger partial charge on any atom is -0.496 e. The van der Waals surface area contributed by atoms with Crippen molar-refractivity contribution >= 4 is 21.9 Å². The zero-order chi connectivity index (χ0) is 18.8. The molecule has 4 nitrogen and oxygen atoms in total. The van der Waals surface area contributed by atoms with Gasteiger partial charge in [0, 0.05) is 17.8 Å². The lowest BCUT2D eigenvalue weighted by Crippen LogP contribution is -2.10. The van der Waals surface area contributed by atoms with E-state index in [0.29, 0.717) is 24.5 Å². The number of alkyl halides is 1. The summed E-state index contributed by atoms with van der Waals surface area (Å²) < 4.78 is 16.8. The molecular weight excluding hydrogens is 384 g/mol. The van der Waals surface area contributed by atoms with Crippen molar-refractivity contribution in [1.82, 2.24) is 0 Å². The molecule has 0 saturated carbocycles. The monoisotopic (exact) mass is 414 g/mol. The predicted molar refractivity (Wildman–Crippen MR) is 105 cm³/mol. The lowest BCUT2D eigenvalue weighted by Gasteiger charge is -2.24. The molecule has 1 aromatic rings. The van der Waals surface area contributed by atoms with E-state index in [-0.39, 0.29) is 5.97 Å². The number of benzene rings is 1. The normalized spacial score (nSPS) is 11.9. The summed E-state index contributed by atoms with van der Waals surface area (Å²) in [6, 6.07) is 2.23. The smallest absolute Gasteiger partial charge is 0.302 e. The fraction of sp³-hybridized carbons (Fsp3) is 0.650. The number of methoxy groups -OCH3 is 1. The average Bonchev–Trinajstić information content (AvgIpc) is 2.61. The standard InChI is InChI=1S/C20H31BrO4/c1-6-15(10-9-11-25-14(4)22)17-12-16(7-2)19(23-5)18(13-21)20(17)24-8-3/h12,15H,6-11,13H2,1-5H3. The molecule has 0 radical (unpaired) electrons. The van der Waals surface area contributed by atoms with E-state index in [1.54, 1.807) is 7.11 Å². The SMILES string of the molecule is CCOc1c(C(CC)CCCOC(C)=O)cc(CC)c(OC)c1CBr. The molecule has 1 rings (SSSR count). The number of esters is 1. The molecule has 0 aliphatic heterocycles. The summed E-state index contributed by atoms with van der Waals surface area (Å²) in [5.74, 6) is 2.00. The van der Waals surface area contributed by atoms with E-state index < -0.39 is 0 Å². The van der Waals surface area contributed by atoms with Crippen LogP contribution >= 0.6 is 15.9 Å². The Morgan fingerprint density at radius 1 is 1.24 bits per heavy atom. The van der Waals surface area contributed by atoms with Gasteiger partial charge >= 0.3 is 5.97 Å². The maximum absolute atomic E-state index is 10.9. The van der Waals surface area contributed by atoms with Crippen LogP contribution in [0.25, 0.3) is 0 Å². The lowest BCUT2D eigenvalue weighted by atomic mass is 9.87. The summed E-state index contributed by atoms with van der Waals surface area (Å²) in [5.41, 5.74) is 3.52. The van der Waals surface area contributed by atoms with Gasteiger partial charge in [-0.25, -0.2) is 0 Å². The third-order valence-electron chi connectivity index (χ3n) is 4.37. The molecule has 0 heterocycles. The Morgan fingerprint density at radius 3 is 2.44 bits per heavy atom. The molecule has 0 spiro atoms. The average molecular weight is 415 g/mol. The van der Waals surface area contributed by atoms with Gasteiger partial charge in [0.25, 0.3) is 0 Å². The summed E-state index contributed by atoms with van der Waals surface area (Å²) in [6.45, 7) is 8.87. The number of carbonyl (C=O) groups is 1. The van der Waals surface area contributed by atoms with Gasteiger partial charge in [-0.05, 0) is 55.7 Å². The summed E-state index contributed by atoms with van der Waals surface area (Å²) in [4.78, 5) is 10.9. The zero-order valence-corrected chi connectivity index (χ0v) is 17.7. The molecule has 0 N–H and O–H groups in total. The number of carbonyl (C=O) groups excluding carboxylic acids is 1. The van der Waals surface area contributed by atoms with Crippen molar-refractivity contribution in [1.29, 1.82) is 0 Å². The van der Waals surface area contributed by atoms with Crippen LogP contribution in [0.15, 0.2) is 6.07 Å². The highest BCUT2D eigenvalue weighted by molar-refractivity contribution is 9.08. The minimum atomic E-state index is -0.220. The van der Waals surface area contributed by atoms with E-state index in [2.05, 4.69) is 35.8 Å². The second kappa shape index (κ2) is 11.4. The van der Waals surface area contributed by atoms with Gasteiger partial charge in [-0.3, -0.25) is 4.79 Å². The Hall–Kier alpha value is -1.23. The second-order valence-electron chi connectivity index (χ2n) is 5.97. The minimum absolute atomic E-state index is 0.220. The number of hydrogen-bond donors (Lipinski definition) is 0. The van der Waals surface area contributed by atoms with Crippen molar-refractivity contribution in [2.45, 2.75) is 64.6 Å². The van der Waals surface area contributed by atoms with Crippen LogP contribution in [0.3, 0.4) is 0 Å². The molecule has 1 atom stereocenters. The van der Waals surface area contributed by atoms with Crippen LogP contribution in [0.2, 0.25) is 0 Å². The van der Waals surface area contributed by atoms with E-state index in [1.807, 2.05) is 6.92 Å². The molecular formula is C20H31BrO4. The van der Waals surface area contributed by atoms with E-state index in [4.69, 9.17) is 14.2 Å². The Balaban J connectivity index is 3.21. The molecule has 0 aliphatic rings. The third-order valence-corrected chi connectivity index (χ3v) is 4.93. The molecule has 1 unspecified atom stereocenters. The summed E-state index contributed by atoms with van der Waals surface area (Å²) >= 11 is 3.60. The van der Waals surface area contributed by atoms with Gasteiger partial charge in [-0.1, -0.05) is 29.8 Å². The third kappa shape index (κ3) is 5.91. The van der Waals surface area contributed by atoms with Crippen molar-refractivity contribution in [2.75, 3.05) is 20.3 Å². The van der Waals surface area contributed by atoms with Gasteiger partial charge in [0.15, 0.2) is 0 Å². The van der Waals surface area contributed by atoms with Crippen LogP contribution in [0.5, 0.6) is 11.5 Å². The first-order valence-corrected chi connectivity index (χ1v) is 10.2. The first-order valence-electron chi connectivity index (χ1n) is 9.08. The van der Waals surface area contributed by atoms with Crippen molar-refractivity contribution in [3.8, 4) is 11.5 Å². The Bertz CT molecular complexity index is 557. The number of halogens is 1. The quantitative estimate of drug-likeness (QED) is 0.276. The number of hydrogen-bond acceptors (Lipinski definition) is 4. The number of rotatable bonds is 11. The van der Waals surface area contributed by atoms with Crippen LogP contribution in [0.4, 0.5) is 0 Å².